The predicted molar refractivity (Wildman–Crippen MR) is 163 cm³/mol. The average Bonchev–Trinajstić information content (AvgIpc) is 3.50. The third-order valence-electron chi connectivity index (χ3n) is 7.46. The number of para-hydroxylation sites is 1. The van der Waals surface area contributed by atoms with E-state index in [0.29, 0.717) is 27.0 Å². The van der Waals surface area contributed by atoms with E-state index in [9.17, 15) is 19.2 Å². The average molecular weight is 594 g/mol. The summed E-state index contributed by atoms with van der Waals surface area (Å²) in [6.07, 6.45) is 0. The van der Waals surface area contributed by atoms with Crippen molar-refractivity contribution in [1.82, 2.24) is 4.98 Å². The monoisotopic (exact) mass is 593 g/mol. The lowest BCUT2D eigenvalue weighted by molar-refractivity contribution is -0.122. The molecule has 208 valence electrons. The van der Waals surface area contributed by atoms with Crippen LogP contribution in [0.25, 0.3) is 10.8 Å². The van der Waals surface area contributed by atoms with Gasteiger partial charge in [0.1, 0.15) is 11.0 Å². The fraction of sp³-hybridized carbons (Fsp3) is 0.125. The largest absolute Gasteiger partial charge is 0.484 e. The van der Waals surface area contributed by atoms with Crippen LogP contribution in [0.5, 0.6) is 5.75 Å². The minimum atomic E-state index is -0.701. The molecule has 10 heteroatoms. The van der Waals surface area contributed by atoms with Gasteiger partial charge in [0.15, 0.2) is 6.61 Å². The van der Waals surface area contributed by atoms with E-state index < -0.39 is 17.1 Å². The van der Waals surface area contributed by atoms with E-state index in [1.165, 1.54) is 16.7 Å². The molecule has 5 aromatic rings. The van der Waals surface area contributed by atoms with Crippen LogP contribution in [0.3, 0.4) is 0 Å². The Hall–Kier alpha value is -4.67. The molecular weight excluding hydrogens is 571 g/mol. The number of nitrogens with zero attached hydrogens (tertiary/aromatic N) is 1. The second-order valence-corrected chi connectivity index (χ2v) is 12.2. The zero-order chi connectivity index (χ0) is 28.8. The summed E-state index contributed by atoms with van der Waals surface area (Å²) in [7, 11) is 0. The highest BCUT2D eigenvalue weighted by molar-refractivity contribution is 8.00. The molecule has 2 aliphatic rings. The van der Waals surface area contributed by atoms with E-state index in [1.807, 2.05) is 54.6 Å². The van der Waals surface area contributed by atoms with Gasteiger partial charge >= 0.3 is 4.87 Å². The maximum atomic E-state index is 13.8. The lowest BCUT2D eigenvalue weighted by Gasteiger charge is -2.30. The molecule has 1 saturated heterocycles. The number of thioether (sulfide) groups is 1. The van der Waals surface area contributed by atoms with Gasteiger partial charge in [0.2, 0.25) is 11.8 Å². The number of carbonyl (C=O) groups is 3. The van der Waals surface area contributed by atoms with Crippen molar-refractivity contribution in [3.63, 3.8) is 0 Å². The van der Waals surface area contributed by atoms with Gasteiger partial charge in [-0.1, -0.05) is 83.8 Å². The Balaban J connectivity index is 1.14. The number of ether oxygens (including phenoxy) is 1. The van der Waals surface area contributed by atoms with Crippen molar-refractivity contribution in [1.29, 1.82) is 0 Å². The van der Waals surface area contributed by atoms with Crippen molar-refractivity contribution in [2.24, 2.45) is 5.92 Å². The number of nitrogens with one attached hydrogen (secondary N) is 2. The first kappa shape index (κ1) is 26.2. The number of anilines is 2. The van der Waals surface area contributed by atoms with Crippen LogP contribution >= 0.6 is 23.1 Å². The topological polar surface area (TPSA) is 109 Å². The van der Waals surface area contributed by atoms with Crippen LogP contribution in [0.4, 0.5) is 11.4 Å². The zero-order valence-electron chi connectivity index (χ0n) is 22.0. The second-order valence-electron chi connectivity index (χ2n) is 10.1. The fourth-order valence-corrected chi connectivity index (χ4v) is 8.13. The molecule has 2 aliphatic heterocycles. The number of amides is 3. The molecule has 4 aromatic carbocycles. The first-order chi connectivity index (χ1) is 20.5. The highest BCUT2D eigenvalue weighted by Crippen LogP contribution is 2.53. The number of aromatic nitrogens is 1. The Bertz CT molecular complexity index is 1920. The summed E-state index contributed by atoms with van der Waals surface area (Å²) in [5.41, 5.74) is 1.92. The second kappa shape index (κ2) is 10.6. The van der Waals surface area contributed by atoms with E-state index in [-0.39, 0.29) is 29.2 Å². The van der Waals surface area contributed by atoms with Crippen LogP contribution in [0.15, 0.2) is 107 Å². The summed E-state index contributed by atoms with van der Waals surface area (Å²) in [5.74, 6) is -1.71. The number of fused-ring (bicyclic) bond motifs is 3. The smallest absolute Gasteiger partial charge is 0.305 e. The summed E-state index contributed by atoms with van der Waals surface area (Å²) >= 11 is 2.29. The van der Waals surface area contributed by atoms with Crippen molar-refractivity contribution >= 4 is 63.0 Å². The lowest BCUT2D eigenvalue weighted by Crippen LogP contribution is -2.32. The molecule has 3 atom stereocenters. The molecule has 8 nitrogen and oxygen atoms in total. The van der Waals surface area contributed by atoms with Crippen molar-refractivity contribution in [3.05, 3.63) is 117 Å². The third-order valence-corrected chi connectivity index (χ3v) is 9.86. The molecule has 1 fully saturated rings. The number of rotatable bonds is 6. The number of hydrogen-bond donors (Lipinski definition) is 2. The van der Waals surface area contributed by atoms with Gasteiger partial charge < -0.3 is 15.0 Å². The van der Waals surface area contributed by atoms with E-state index in [4.69, 9.17) is 4.74 Å². The molecule has 42 heavy (non-hydrogen) atoms. The lowest BCUT2D eigenvalue weighted by atomic mass is 9.83. The Morgan fingerprint density at radius 1 is 0.857 bits per heavy atom. The zero-order valence-corrected chi connectivity index (χ0v) is 23.6. The van der Waals surface area contributed by atoms with Gasteiger partial charge in [-0.05, 0) is 52.7 Å². The first-order valence-corrected chi connectivity index (χ1v) is 15.0. The third kappa shape index (κ3) is 4.68. The van der Waals surface area contributed by atoms with Gasteiger partial charge in [-0.25, -0.2) is 4.90 Å². The van der Waals surface area contributed by atoms with Crippen LogP contribution in [-0.2, 0) is 14.4 Å². The van der Waals surface area contributed by atoms with E-state index in [1.54, 1.807) is 42.5 Å². The Morgan fingerprint density at radius 2 is 1.64 bits per heavy atom. The Morgan fingerprint density at radius 3 is 2.48 bits per heavy atom. The number of hydrogen-bond acceptors (Lipinski definition) is 7. The van der Waals surface area contributed by atoms with Crippen LogP contribution in [0, 0.1) is 5.92 Å². The fourth-order valence-electron chi connectivity index (χ4n) is 5.62. The van der Waals surface area contributed by atoms with Gasteiger partial charge in [0, 0.05) is 16.5 Å². The summed E-state index contributed by atoms with van der Waals surface area (Å²) in [6, 6.07) is 29.6. The number of benzene rings is 4. The van der Waals surface area contributed by atoms with Crippen molar-refractivity contribution in [2.75, 3.05) is 16.8 Å². The molecule has 3 unspecified atom stereocenters. The minimum Gasteiger partial charge on any atom is -0.484 e. The Labute approximate surface area is 248 Å². The molecular formula is C32H23N3O5S2. The summed E-state index contributed by atoms with van der Waals surface area (Å²) in [5, 5.41) is 4.89. The molecule has 1 aromatic heterocycles. The van der Waals surface area contributed by atoms with Gasteiger partial charge in [-0.15, -0.1) is 0 Å². The van der Waals surface area contributed by atoms with E-state index in [2.05, 4.69) is 10.3 Å². The number of H-pyrrole nitrogens is 1. The quantitative estimate of drug-likeness (QED) is 0.255. The highest BCUT2D eigenvalue weighted by Gasteiger charge is 2.56. The molecule has 0 spiro atoms. The summed E-state index contributed by atoms with van der Waals surface area (Å²) in [6.45, 7) is -0.217. The SMILES string of the molecule is O=C(COc1cccc(C2c3sc(=O)[nH]c3SC3C(=O)N(c4ccccc4)C(=O)C32)c1)Nc1ccc2ccccc2c1. The van der Waals surface area contributed by atoms with Crippen molar-refractivity contribution in [2.45, 2.75) is 16.2 Å². The van der Waals surface area contributed by atoms with Gasteiger partial charge in [-0.2, -0.15) is 0 Å². The van der Waals surface area contributed by atoms with E-state index in [0.717, 1.165) is 27.7 Å². The molecule has 3 heterocycles. The van der Waals surface area contributed by atoms with Crippen LogP contribution in [0.2, 0.25) is 0 Å². The van der Waals surface area contributed by atoms with Crippen LogP contribution in [0.1, 0.15) is 16.4 Å². The standard InChI is InChI=1S/C32H23N3O5S2/c36-24(33-21-14-13-18-7-4-5-8-19(18)15-21)17-40-23-12-6-9-20(16-23)25-26-28(41-29-27(25)42-32(39)34-29)31(38)35(30(26)37)22-10-2-1-3-11-22/h1-16,25-26,28H,17H2,(H,33,36)(H,34,39). The van der Waals surface area contributed by atoms with Gasteiger partial charge in [0.05, 0.1) is 16.6 Å². The van der Waals surface area contributed by atoms with E-state index >= 15 is 0 Å². The molecule has 0 saturated carbocycles. The molecule has 0 aliphatic carbocycles. The summed E-state index contributed by atoms with van der Waals surface area (Å²) < 4.78 is 5.86. The van der Waals surface area contributed by atoms with Gasteiger partial charge in [0.25, 0.3) is 5.91 Å². The number of aromatic amines is 1. The molecule has 2 N–H and O–H groups in total. The van der Waals surface area contributed by atoms with Gasteiger partial charge in [-0.3, -0.25) is 19.2 Å². The summed E-state index contributed by atoms with van der Waals surface area (Å²) in [4.78, 5) is 57.0. The predicted octanol–water partition coefficient (Wildman–Crippen LogP) is 5.40. The first-order valence-electron chi connectivity index (χ1n) is 13.3. The number of imide groups is 1. The number of carbonyl (C=O) groups excluding carboxylic acids is 3. The normalized spacial score (nSPS) is 19.4. The van der Waals surface area contributed by atoms with Crippen LogP contribution in [-0.4, -0.2) is 34.6 Å². The molecule has 0 bridgehead atoms. The highest BCUT2D eigenvalue weighted by atomic mass is 32.2. The Kier molecular flexibility index (Phi) is 6.64. The minimum absolute atomic E-state index is 0.217. The van der Waals surface area contributed by atoms with Crippen molar-refractivity contribution < 1.29 is 19.1 Å². The molecule has 3 amide bonds. The maximum Gasteiger partial charge on any atom is 0.305 e. The van der Waals surface area contributed by atoms with Crippen molar-refractivity contribution in [3.8, 4) is 5.75 Å². The number of thiazole rings is 1. The molecule has 0 radical (unpaired) electrons. The van der Waals surface area contributed by atoms with Crippen LogP contribution < -0.4 is 19.8 Å². The molecule has 7 rings (SSSR count). The maximum absolute atomic E-state index is 13.8.